The van der Waals surface area contributed by atoms with Gasteiger partial charge in [0, 0.05) is 50.9 Å². The Kier molecular flexibility index (Phi) is 11.7. The molecule has 2 aromatic rings. The minimum Gasteiger partial charge on any atom is -0.390 e. The van der Waals surface area contributed by atoms with Crippen LogP contribution in [-0.2, 0) is 22.7 Å². The van der Waals surface area contributed by atoms with Crippen molar-refractivity contribution in [3.63, 3.8) is 0 Å². The molecule has 4 rings (SSSR count). The molecule has 0 aliphatic carbocycles. The molecule has 2 aliphatic rings. The largest absolute Gasteiger partial charge is 0.390 e. The van der Waals surface area contributed by atoms with Gasteiger partial charge in [0.05, 0.1) is 6.10 Å². The lowest BCUT2D eigenvalue weighted by atomic mass is 9.79. The molecule has 0 bridgehead atoms. The van der Waals surface area contributed by atoms with E-state index < -0.39 is 17.7 Å². The summed E-state index contributed by atoms with van der Waals surface area (Å²) in [4.78, 5) is 56.0. The average molecular weight is 620 g/mol. The summed E-state index contributed by atoms with van der Waals surface area (Å²) in [5.74, 6) is -0.685. The fourth-order valence-electron chi connectivity index (χ4n) is 6.55. The van der Waals surface area contributed by atoms with Gasteiger partial charge in [0.2, 0.25) is 11.8 Å². The number of piperazine rings is 1. The zero-order chi connectivity index (χ0) is 32.6. The van der Waals surface area contributed by atoms with Crippen LogP contribution >= 0.6 is 0 Å². The summed E-state index contributed by atoms with van der Waals surface area (Å²) in [6, 6.07) is 13.7. The first-order valence-electron chi connectivity index (χ1n) is 16.4. The summed E-state index contributed by atoms with van der Waals surface area (Å²) in [6.45, 7) is 8.93. The van der Waals surface area contributed by atoms with Gasteiger partial charge < -0.3 is 26.0 Å². The Hall–Kier alpha value is -3.76. The van der Waals surface area contributed by atoms with Crippen LogP contribution in [0.3, 0.4) is 0 Å². The lowest BCUT2D eigenvalue weighted by molar-refractivity contribution is -0.165. The maximum atomic E-state index is 13.8. The second-order valence-corrected chi connectivity index (χ2v) is 12.3. The fraction of sp³-hybridized carbons (Fsp3) is 0.543. The molecule has 244 valence electrons. The first kappa shape index (κ1) is 34.1. The zero-order valence-corrected chi connectivity index (χ0v) is 27.1. The van der Waals surface area contributed by atoms with E-state index in [0.717, 1.165) is 36.8 Å². The van der Waals surface area contributed by atoms with Crippen molar-refractivity contribution in [1.82, 2.24) is 25.8 Å². The number of nitrogens with zero attached hydrogens (tertiary/aromatic N) is 2. The third-order valence-corrected chi connectivity index (χ3v) is 9.57. The number of unbranched alkanes of at least 4 members (excludes halogenated alkanes) is 1. The fourth-order valence-corrected chi connectivity index (χ4v) is 6.55. The average Bonchev–Trinajstić information content (AvgIpc) is 3.07. The van der Waals surface area contributed by atoms with Crippen LogP contribution < -0.4 is 16.0 Å². The smallest absolute Gasteiger partial charge is 0.251 e. The van der Waals surface area contributed by atoms with Gasteiger partial charge in [0.1, 0.15) is 11.6 Å². The van der Waals surface area contributed by atoms with Crippen molar-refractivity contribution in [2.75, 3.05) is 26.7 Å². The first-order chi connectivity index (χ1) is 21.7. The topological polar surface area (TPSA) is 131 Å². The van der Waals surface area contributed by atoms with Crippen molar-refractivity contribution in [1.29, 1.82) is 0 Å². The lowest BCUT2D eigenvalue weighted by Crippen LogP contribution is -2.75. The van der Waals surface area contributed by atoms with Gasteiger partial charge in [-0.15, -0.1) is 0 Å². The van der Waals surface area contributed by atoms with Crippen LogP contribution in [-0.4, -0.2) is 82.9 Å². The third kappa shape index (κ3) is 7.73. The van der Waals surface area contributed by atoms with Gasteiger partial charge in [0.25, 0.3) is 11.8 Å². The highest BCUT2D eigenvalue weighted by atomic mass is 16.3. The summed E-state index contributed by atoms with van der Waals surface area (Å²) in [7, 11) is 1.59. The molecule has 2 aliphatic heterocycles. The monoisotopic (exact) mass is 619 g/mol. The Balaban J connectivity index is 1.34. The standard InChI is InChI=1S/C35H49N5O5/c1-5-8-19-40-33(44)29(30(41)26(6-2)7-3)38-34(45)35(40)17-20-39(21-18-35)23-25-11-15-28(16-12-25)32(43)37-22-24-9-13-27(14-10-24)31(42)36-4/h9-16,26,29-30,41H,5-8,17-23H2,1-4H3,(H,36,42)(H,37,43)(H,38,45)/t29-,30-/m1/s1. The van der Waals surface area contributed by atoms with Crippen LogP contribution in [0, 0.1) is 5.92 Å². The number of aliphatic hydroxyl groups is 1. The van der Waals surface area contributed by atoms with Gasteiger partial charge in [-0.05, 0) is 60.6 Å². The Morgan fingerprint density at radius 1 is 0.933 bits per heavy atom. The molecule has 2 saturated heterocycles. The number of carbonyl (C=O) groups excluding carboxylic acids is 4. The Labute approximate surface area is 266 Å². The molecule has 10 nitrogen and oxygen atoms in total. The number of benzene rings is 2. The molecule has 0 saturated carbocycles. The number of aliphatic hydroxyl groups excluding tert-OH is 1. The molecule has 4 N–H and O–H groups in total. The van der Waals surface area contributed by atoms with E-state index in [0.29, 0.717) is 56.7 Å². The number of likely N-dealkylation sites (tertiary alicyclic amines) is 1. The van der Waals surface area contributed by atoms with E-state index in [9.17, 15) is 24.3 Å². The van der Waals surface area contributed by atoms with Crippen LogP contribution in [0.25, 0.3) is 0 Å². The number of amides is 4. The Bertz CT molecular complexity index is 1320. The van der Waals surface area contributed by atoms with Crippen molar-refractivity contribution in [2.24, 2.45) is 5.92 Å². The molecule has 4 amide bonds. The molecule has 2 atom stereocenters. The summed E-state index contributed by atoms with van der Waals surface area (Å²) >= 11 is 0. The molecule has 0 radical (unpaired) electrons. The number of nitrogens with one attached hydrogen (secondary N) is 3. The molecule has 2 heterocycles. The van der Waals surface area contributed by atoms with Crippen molar-refractivity contribution < 1.29 is 24.3 Å². The van der Waals surface area contributed by atoms with Gasteiger partial charge in [0.15, 0.2) is 0 Å². The van der Waals surface area contributed by atoms with Crippen molar-refractivity contribution >= 4 is 23.6 Å². The van der Waals surface area contributed by atoms with Crippen LogP contribution in [0.15, 0.2) is 48.5 Å². The molecule has 0 unspecified atom stereocenters. The van der Waals surface area contributed by atoms with E-state index in [1.54, 1.807) is 24.1 Å². The molecule has 2 fully saturated rings. The number of carbonyl (C=O) groups is 4. The second kappa shape index (κ2) is 15.5. The van der Waals surface area contributed by atoms with E-state index in [1.807, 2.05) is 50.2 Å². The molecule has 1 spiro atoms. The minimum absolute atomic E-state index is 0.0469. The lowest BCUT2D eigenvalue weighted by Gasteiger charge is -2.52. The van der Waals surface area contributed by atoms with Crippen molar-refractivity contribution in [3.8, 4) is 0 Å². The highest BCUT2D eigenvalue weighted by Crippen LogP contribution is 2.35. The highest BCUT2D eigenvalue weighted by molar-refractivity contribution is 6.00. The maximum Gasteiger partial charge on any atom is 0.251 e. The SMILES string of the molecule is CCCCN1C(=O)[C@@H]([C@H](O)C(CC)CC)NC(=O)C12CCN(Cc1ccc(C(=O)NCc3ccc(C(=O)NC)cc3)cc1)CC2. The Morgan fingerprint density at radius 3 is 2.07 bits per heavy atom. The van der Waals surface area contributed by atoms with Gasteiger partial charge in [-0.1, -0.05) is 64.3 Å². The number of piperidine rings is 1. The van der Waals surface area contributed by atoms with Crippen molar-refractivity contribution in [3.05, 3.63) is 70.8 Å². The molecule has 10 heteroatoms. The van der Waals surface area contributed by atoms with E-state index in [2.05, 4.69) is 27.8 Å². The van der Waals surface area contributed by atoms with Crippen LogP contribution in [0.4, 0.5) is 0 Å². The normalized spacial score (nSPS) is 19.0. The number of hydrogen-bond acceptors (Lipinski definition) is 6. The highest BCUT2D eigenvalue weighted by Gasteiger charge is 2.55. The third-order valence-electron chi connectivity index (χ3n) is 9.57. The second-order valence-electron chi connectivity index (χ2n) is 12.3. The van der Waals surface area contributed by atoms with Crippen molar-refractivity contribution in [2.45, 2.75) is 90.1 Å². The number of hydrogen-bond donors (Lipinski definition) is 4. The zero-order valence-electron chi connectivity index (χ0n) is 27.1. The quantitative estimate of drug-likeness (QED) is 0.272. The molecule has 2 aromatic carbocycles. The predicted octanol–water partition coefficient (Wildman–Crippen LogP) is 3.24. The number of rotatable bonds is 13. The van der Waals surface area contributed by atoms with E-state index in [-0.39, 0.29) is 29.5 Å². The minimum atomic E-state index is -0.898. The predicted molar refractivity (Wildman–Crippen MR) is 173 cm³/mol. The van der Waals surface area contributed by atoms with Gasteiger partial charge in [-0.2, -0.15) is 0 Å². The first-order valence-corrected chi connectivity index (χ1v) is 16.4. The summed E-state index contributed by atoms with van der Waals surface area (Å²) in [5.41, 5.74) is 2.20. The van der Waals surface area contributed by atoms with Gasteiger partial charge >= 0.3 is 0 Å². The van der Waals surface area contributed by atoms with Crippen LogP contribution in [0.2, 0.25) is 0 Å². The Morgan fingerprint density at radius 2 is 1.51 bits per heavy atom. The summed E-state index contributed by atoms with van der Waals surface area (Å²) in [5, 5.41) is 19.5. The summed E-state index contributed by atoms with van der Waals surface area (Å²) < 4.78 is 0. The molecule has 0 aromatic heterocycles. The molecule has 45 heavy (non-hydrogen) atoms. The molecular weight excluding hydrogens is 570 g/mol. The van der Waals surface area contributed by atoms with Crippen LogP contribution in [0.1, 0.15) is 91.1 Å². The van der Waals surface area contributed by atoms with Gasteiger partial charge in [-0.25, -0.2) is 0 Å². The van der Waals surface area contributed by atoms with Gasteiger partial charge in [-0.3, -0.25) is 24.1 Å². The van der Waals surface area contributed by atoms with Crippen LogP contribution in [0.5, 0.6) is 0 Å². The van der Waals surface area contributed by atoms with E-state index in [4.69, 9.17) is 0 Å². The van der Waals surface area contributed by atoms with E-state index in [1.165, 1.54) is 0 Å². The molecular formula is C35H49N5O5. The van der Waals surface area contributed by atoms with E-state index >= 15 is 0 Å². The maximum absolute atomic E-state index is 13.8. The summed E-state index contributed by atoms with van der Waals surface area (Å²) in [6.07, 6.45) is 3.38.